The van der Waals surface area contributed by atoms with E-state index >= 15 is 0 Å². The number of amides is 1. The third-order valence-electron chi connectivity index (χ3n) is 4.01. The second kappa shape index (κ2) is 6.80. The van der Waals surface area contributed by atoms with E-state index in [4.69, 9.17) is 4.74 Å². The van der Waals surface area contributed by atoms with Crippen LogP contribution in [0.5, 0.6) is 0 Å². The highest BCUT2D eigenvalue weighted by Crippen LogP contribution is 2.20. The number of benzene rings is 1. The Kier molecular flexibility index (Phi) is 4.77. The Hall–Kier alpha value is -1.73. The largest absolute Gasteiger partial charge is 0.376 e. The number of carbonyl (C=O) groups is 1. The molecule has 0 aliphatic carbocycles. The average molecular weight is 379 g/mol. The fourth-order valence-corrected chi connectivity index (χ4v) is 2.89. The van der Waals surface area contributed by atoms with Crippen molar-refractivity contribution in [1.82, 2.24) is 20.3 Å². The summed E-state index contributed by atoms with van der Waals surface area (Å²) in [5.41, 5.74) is 3.05. The molecule has 3 rings (SSSR count). The van der Waals surface area contributed by atoms with Gasteiger partial charge in [-0.15, -0.1) is 5.10 Å². The molecular weight excluding hydrogens is 360 g/mol. The van der Waals surface area contributed by atoms with Crippen LogP contribution in [0, 0.1) is 13.8 Å². The highest BCUT2D eigenvalue weighted by molar-refractivity contribution is 9.10. The number of halogens is 1. The number of nitrogens with zero attached hydrogens (tertiary/aromatic N) is 3. The number of carbonyl (C=O) groups excluding carboxylic acids is 1. The molecule has 2 aromatic rings. The van der Waals surface area contributed by atoms with Gasteiger partial charge in [0.25, 0.3) is 5.91 Å². The zero-order valence-electron chi connectivity index (χ0n) is 13.2. The standard InChI is InChI=1S/C16H19BrN4O2/c1-10-8-12(5-6-14(10)17)21-11(2)15(19-20-21)16(22)18-9-13-4-3-7-23-13/h5-6,8,13H,3-4,7,9H2,1-2H3,(H,18,22). The molecule has 2 heterocycles. The molecule has 7 heteroatoms. The van der Waals surface area contributed by atoms with Crippen LogP contribution < -0.4 is 5.32 Å². The Labute approximate surface area is 143 Å². The summed E-state index contributed by atoms with van der Waals surface area (Å²) < 4.78 is 8.22. The van der Waals surface area contributed by atoms with Crippen molar-refractivity contribution < 1.29 is 9.53 Å². The maximum absolute atomic E-state index is 12.3. The van der Waals surface area contributed by atoms with Gasteiger partial charge in [0.05, 0.1) is 17.5 Å². The first kappa shape index (κ1) is 16.1. The summed E-state index contributed by atoms with van der Waals surface area (Å²) >= 11 is 3.48. The third-order valence-corrected chi connectivity index (χ3v) is 4.90. The van der Waals surface area contributed by atoms with Crippen LogP contribution in [-0.4, -0.2) is 40.2 Å². The molecule has 1 amide bonds. The molecule has 1 aliphatic rings. The number of ether oxygens (including phenoxy) is 1. The lowest BCUT2D eigenvalue weighted by molar-refractivity contribution is 0.0853. The summed E-state index contributed by atoms with van der Waals surface area (Å²) in [6.45, 7) is 5.15. The monoisotopic (exact) mass is 378 g/mol. The summed E-state index contributed by atoms with van der Waals surface area (Å²) in [5, 5.41) is 11.0. The highest BCUT2D eigenvalue weighted by atomic mass is 79.9. The van der Waals surface area contributed by atoms with Crippen molar-refractivity contribution in [2.75, 3.05) is 13.2 Å². The van der Waals surface area contributed by atoms with Gasteiger partial charge in [-0.2, -0.15) is 0 Å². The average Bonchev–Trinajstić information content (AvgIpc) is 3.17. The first-order valence-corrected chi connectivity index (χ1v) is 8.44. The van der Waals surface area contributed by atoms with Gasteiger partial charge in [0.2, 0.25) is 0 Å². The summed E-state index contributed by atoms with van der Waals surface area (Å²) in [7, 11) is 0. The van der Waals surface area contributed by atoms with E-state index in [1.54, 1.807) is 4.68 Å². The van der Waals surface area contributed by atoms with Crippen LogP contribution >= 0.6 is 15.9 Å². The number of hydrogen-bond acceptors (Lipinski definition) is 4. The van der Waals surface area contributed by atoms with E-state index < -0.39 is 0 Å². The van der Waals surface area contributed by atoms with Crippen molar-refractivity contribution in [2.45, 2.75) is 32.8 Å². The highest BCUT2D eigenvalue weighted by Gasteiger charge is 2.20. The van der Waals surface area contributed by atoms with Crippen LogP contribution in [-0.2, 0) is 4.74 Å². The van der Waals surface area contributed by atoms with Gasteiger partial charge in [-0.05, 0) is 50.5 Å². The van der Waals surface area contributed by atoms with Crippen molar-refractivity contribution >= 4 is 21.8 Å². The van der Waals surface area contributed by atoms with Gasteiger partial charge < -0.3 is 10.1 Å². The SMILES string of the molecule is Cc1cc(-n2nnc(C(=O)NCC3CCCO3)c2C)ccc1Br. The van der Waals surface area contributed by atoms with Gasteiger partial charge in [0, 0.05) is 17.6 Å². The zero-order valence-corrected chi connectivity index (χ0v) is 14.8. The van der Waals surface area contributed by atoms with Gasteiger partial charge >= 0.3 is 0 Å². The van der Waals surface area contributed by atoms with E-state index in [1.807, 2.05) is 32.0 Å². The molecule has 1 aliphatic heterocycles. The van der Waals surface area contributed by atoms with Crippen LogP contribution in [0.3, 0.4) is 0 Å². The Bertz CT molecular complexity index is 723. The molecule has 1 atom stereocenters. The van der Waals surface area contributed by atoms with Gasteiger partial charge in [0.15, 0.2) is 5.69 Å². The van der Waals surface area contributed by atoms with E-state index in [-0.39, 0.29) is 12.0 Å². The molecule has 0 bridgehead atoms. The van der Waals surface area contributed by atoms with Crippen molar-refractivity contribution in [1.29, 1.82) is 0 Å². The summed E-state index contributed by atoms with van der Waals surface area (Å²) in [5.74, 6) is -0.210. The minimum absolute atomic E-state index is 0.114. The molecular formula is C16H19BrN4O2. The molecule has 6 nitrogen and oxygen atoms in total. The first-order chi connectivity index (χ1) is 11.1. The van der Waals surface area contributed by atoms with E-state index in [1.165, 1.54) is 0 Å². The number of rotatable bonds is 4. The number of nitrogens with one attached hydrogen (secondary N) is 1. The molecule has 1 aromatic heterocycles. The quantitative estimate of drug-likeness (QED) is 0.887. The van der Waals surface area contributed by atoms with Crippen LogP contribution in [0.15, 0.2) is 22.7 Å². The van der Waals surface area contributed by atoms with Crippen LogP contribution in [0.4, 0.5) is 0 Å². The van der Waals surface area contributed by atoms with E-state index in [9.17, 15) is 4.79 Å². The lowest BCUT2D eigenvalue weighted by atomic mass is 10.2. The molecule has 1 saturated heterocycles. The molecule has 0 saturated carbocycles. The fraction of sp³-hybridized carbons (Fsp3) is 0.438. The van der Waals surface area contributed by atoms with Crippen molar-refractivity contribution in [3.8, 4) is 5.69 Å². The molecule has 1 unspecified atom stereocenters. The molecule has 1 N–H and O–H groups in total. The predicted molar refractivity (Wildman–Crippen MR) is 89.8 cm³/mol. The van der Waals surface area contributed by atoms with Crippen molar-refractivity contribution in [2.24, 2.45) is 0 Å². The Morgan fingerprint density at radius 2 is 2.30 bits per heavy atom. The smallest absolute Gasteiger partial charge is 0.273 e. The third kappa shape index (κ3) is 3.45. The molecule has 0 spiro atoms. The topological polar surface area (TPSA) is 69.0 Å². The normalized spacial score (nSPS) is 17.4. The minimum Gasteiger partial charge on any atom is -0.376 e. The Morgan fingerprint density at radius 1 is 1.48 bits per heavy atom. The van der Waals surface area contributed by atoms with Crippen molar-refractivity contribution in [3.63, 3.8) is 0 Å². The molecule has 1 aromatic carbocycles. The second-order valence-corrected chi connectivity index (χ2v) is 6.57. The second-order valence-electron chi connectivity index (χ2n) is 5.71. The van der Waals surface area contributed by atoms with E-state index in [2.05, 4.69) is 31.6 Å². The number of hydrogen-bond donors (Lipinski definition) is 1. The summed E-state index contributed by atoms with van der Waals surface area (Å²) in [6, 6.07) is 5.90. The summed E-state index contributed by atoms with van der Waals surface area (Å²) in [4.78, 5) is 12.3. The number of aryl methyl sites for hydroxylation is 1. The lowest BCUT2D eigenvalue weighted by Gasteiger charge is -2.10. The van der Waals surface area contributed by atoms with Gasteiger partial charge in [-0.3, -0.25) is 4.79 Å². The van der Waals surface area contributed by atoms with E-state index in [0.29, 0.717) is 12.2 Å². The molecule has 23 heavy (non-hydrogen) atoms. The Balaban J connectivity index is 1.75. The van der Waals surface area contributed by atoms with Crippen LogP contribution in [0.2, 0.25) is 0 Å². The summed E-state index contributed by atoms with van der Waals surface area (Å²) in [6.07, 6.45) is 2.16. The van der Waals surface area contributed by atoms with Crippen LogP contribution in [0.25, 0.3) is 5.69 Å². The van der Waals surface area contributed by atoms with Gasteiger partial charge in [0.1, 0.15) is 0 Å². The van der Waals surface area contributed by atoms with Crippen molar-refractivity contribution in [3.05, 3.63) is 39.6 Å². The first-order valence-electron chi connectivity index (χ1n) is 7.65. The van der Waals surface area contributed by atoms with Gasteiger partial charge in [-0.25, -0.2) is 4.68 Å². The minimum atomic E-state index is -0.210. The Morgan fingerprint density at radius 3 is 3.00 bits per heavy atom. The predicted octanol–water partition coefficient (Wildman–Crippen LogP) is 2.56. The fourth-order valence-electron chi connectivity index (χ4n) is 2.64. The zero-order chi connectivity index (χ0) is 16.4. The van der Waals surface area contributed by atoms with Crippen LogP contribution in [0.1, 0.15) is 34.6 Å². The lowest BCUT2D eigenvalue weighted by Crippen LogP contribution is -2.32. The molecule has 122 valence electrons. The molecule has 1 fully saturated rings. The maximum atomic E-state index is 12.3. The maximum Gasteiger partial charge on any atom is 0.273 e. The van der Waals surface area contributed by atoms with Gasteiger partial charge in [-0.1, -0.05) is 21.1 Å². The number of aromatic nitrogens is 3. The van der Waals surface area contributed by atoms with E-state index in [0.717, 1.165) is 40.9 Å². The molecule has 0 radical (unpaired) electrons.